The molecule has 0 bridgehead atoms. The molecule has 1 fully saturated rings. The van der Waals surface area contributed by atoms with Gasteiger partial charge < -0.3 is 5.32 Å². The minimum absolute atomic E-state index is 0.0983. The van der Waals surface area contributed by atoms with Crippen LogP contribution in [0.4, 0.5) is 0 Å². The quantitative estimate of drug-likeness (QED) is 0.622. The first-order valence-corrected chi connectivity index (χ1v) is 10.0. The highest BCUT2D eigenvalue weighted by Crippen LogP contribution is 2.39. The summed E-state index contributed by atoms with van der Waals surface area (Å²) in [5.74, 6) is 2.15. The molecule has 1 aliphatic rings. The summed E-state index contributed by atoms with van der Waals surface area (Å²) in [5, 5.41) is 11.9. The van der Waals surface area contributed by atoms with Gasteiger partial charge in [-0.3, -0.25) is 9.20 Å². The fraction of sp³-hybridized carbons (Fsp3) is 0.533. The lowest BCUT2D eigenvalue weighted by molar-refractivity contribution is -0.121. The van der Waals surface area contributed by atoms with Gasteiger partial charge in [-0.2, -0.15) is 0 Å². The zero-order valence-electron chi connectivity index (χ0n) is 12.4. The van der Waals surface area contributed by atoms with Gasteiger partial charge in [0.25, 0.3) is 0 Å². The Labute approximate surface area is 138 Å². The van der Waals surface area contributed by atoms with E-state index in [1.165, 1.54) is 18.6 Å². The summed E-state index contributed by atoms with van der Waals surface area (Å²) in [6, 6.07) is 5.76. The third kappa shape index (κ3) is 4.16. The van der Waals surface area contributed by atoms with Crippen molar-refractivity contribution in [3.8, 4) is 0 Å². The summed E-state index contributed by atoms with van der Waals surface area (Å²) in [7, 11) is 3.99. The largest absolute Gasteiger partial charge is 0.349 e. The summed E-state index contributed by atoms with van der Waals surface area (Å²) >= 11 is 0. The van der Waals surface area contributed by atoms with Crippen LogP contribution in [0.1, 0.15) is 37.9 Å². The first-order chi connectivity index (χ1) is 10.8. The molecular weight excluding hydrogens is 316 g/mol. The zero-order chi connectivity index (χ0) is 15.2. The molecule has 118 valence electrons. The van der Waals surface area contributed by atoms with Crippen molar-refractivity contribution in [1.82, 2.24) is 19.9 Å². The molecule has 0 radical (unpaired) electrons. The number of hydrogen-bond acceptors (Lipinski definition) is 5. The number of hydrogen-bond donors (Lipinski definition) is 1. The molecule has 0 spiro atoms. The van der Waals surface area contributed by atoms with Crippen LogP contribution in [0.3, 0.4) is 0 Å². The molecular formula is C15H20N4OS2. The Morgan fingerprint density at radius 3 is 3.18 bits per heavy atom. The van der Waals surface area contributed by atoms with Crippen LogP contribution in [0.25, 0.3) is 5.65 Å². The van der Waals surface area contributed by atoms with Crippen molar-refractivity contribution >= 4 is 33.1 Å². The fourth-order valence-corrected chi connectivity index (χ4v) is 5.53. The van der Waals surface area contributed by atoms with Gasteiger partial charge in [0.05, 0.1) is 6.54 Å². The molecule has 1 N–H and O–H groups in total. The summed E-state index contributed by atoms with van der Waals surface area (Å²) in [4.78, 5) is 11.9. The number of pyridine rings is 1. The number of aromatic nitrogens is 3. The molecule has 0 aliphatic carbocycles. The summed E-state index contributed by atoms with van der Waals surface area (Å²) in [6.07, 6.45) is 7.17. The standard InChI is InChI=1S/C15H20N4OS2/c20-15(7-2-1-5-12-8-10-21-22-12)16-11-14-18-17-13-6-3-4-9-19(13)14/h3-4,6,9,12H,1-2,5,7-8,10-11H2,(H,16,20)/t12-/m1/s1. The number of carbonyl (C=O) groups excluding carboxylic acids is 1. The van der Waals surface area contributed by atoms with Crippen LogP contribution in [0.2, 0.25) is 0 Å². The van der Waals surface area contributed by atoms with Crippen LogP contribution in [0, 0.1) is 0 Å². The highest BCUT2D eigenvalue weighted by atomic mass is 33.1. The Kier molecular flexibility index (Phi) is 5.61. The van der Waals surface area contributed by atoms with Gasteiger partial charge in [-0.05, 0) is 31.4 Å². The molecule has 3 heterocycles. The minimum Gasteiger partial charge on any atom is -0.349 e. The van der Waals surface area contributed by atoms with Gasteiger partial charge in [-0.25, -0.2) is 0 Å². The molecule has 0 saturated carbocycles. The Morgan fingerprint density at radius 1 is 1.36 bits per heavy atom. The van der Waals surface area contributed by atoms with E-state index in [4.69, 9.17) is 0 Å². The zero-order valence-corrected chi connectivity index (χ0v) is 14.0. The monoisotopic (exact) mass is 336 g/mol. The number of unbranched alkanes of at least 4 members (excludes halogenated alkanes) is 1. The highest BCUT2D eigenvalue weighted by Gasteiger charge is 2.15. The smallest absolute Gasteiger partial charge is 0.220 e. The normalized spacial score (nSPS) is 17.9. The third-order valence-corrected chi connectivity index (χ3v) is 6.74. The van der Waals surface area contributed by atoms with Crippen LogP contribution >= 0.6 is 21.6 Å². The van der Waals surface area contributed by atoms with Crippen molar-refractivity contribution in [3.63, 3.8) is 0 Å². The van der Waals surface area contributed by atoms with Gasteiger partial charge in [0, 0.05) is 23.6 Å². The molecule has 1 atom stereocenters. The van der Waals surface area contributed by atoms with Gasteiger partial charge in [0.15, 0.2) is 11.5 Å². The topological polar surface area (TPSA) is 59.3 Å². The number of rotatable bonds is 7. The van der Waals surface area contributed by atoms with Gasteiger partial charge >= 0.3 is 0 Å². The second kappa shape index (κ2) is 7.87. The Hall–Kier alpha value is -1.21. The highest BCUT2D eigenvalue weighted by molar-refractivity contribution is 8.77. The van der Waals surface area contributed by atoms with E-state index in [1.54, 1.807) is 0 Å². The average molecular weight is 336 g/mol. The van der Waals surface area contributed by atoms with Crippen LogP contribution in [-0.4, -0.2) is 31.5 Å². The van der Waals surface area contributed by atoms with Gasteiger partial charge in [0.2, 0.25) is 5.91 Å². The van der Waals surface area contributed by atoms with Crippen LogP contribution < -0.4 is 5.32 Å². The summed E-state index contributed by atoms with van der Waals surface area (Å²) in [6.45, 7) is 0.430. The van der Waals surface area contributed by atoms with Crippen molar-refractivity contribution < 1.29 is 4.79 Å². The lowest BCUT2D eigenvalue weighted by Crippen LogP contribution is -2.23. The van der Waals surface area contributed by atoms with Crippen LogP contribution in [0.15, 0.2) is 24.4 Å². The average Bonchev–Trinajstić information content (AvgIpc) is 3.19. The SMILES string of the molecule is O=C(CCCC[C@@H]1CCSS1)NCc1nnc2ccccn12. The maximum atomic E-state index is 11.9. The second-order valence-corrected chi connectivity index (χ2v) is 8.18. The van der Waals surface area contributed by atoms with Gasteiger partial charge in [-0.15, -0.1) is 10.2 Å². The van der Waals surface area contributed by atoms with E-state index in [0.29, 0.717) is 13.0 Å². The molecule has 5 nitrogen and oxygen atoms in total. The minimum atomic E-state index is 0.0983. The molecule has 1 amide bonds. The van der Waals surface area contributed by atoms with Crippen molar-refractivity contribution in [3.05, 3.63) is 30.2 Å². The molecule has 0 unspecified atom stereocenters. The molecule has 2 aromatic heterocycles. The summed E-state index contributed by atoms with van der Waals surface area (Å²) < 4.78 is 1.90. The second-order valence-electron chi connectivity index (χ2n) is 5.40. The van der Waals surface area contributed by atoms with E-state index in [-0.39, 0.29) is 5.91 Å². The number of amides is 1. The van der Waals surface area contributed by atoms with E-state index in [1.807, 2.05) is 50.4 Å². The Morgan fingerprint density at radius 2 is 2.32 bits per heavy atom. The van der Waals surface area contributed by atoms with Crippen molar-refractivity contribution in [1.29, 1.82) is 0 Å². The van der Waals surface area contributed by atoms with Crippen molar-refractivity contribution in [2.45, 2.75) is 43.9 Å². The summed E-state index contributed by atoms with van der Waals surface area (Å²) in [5.41, 5.74) is 0.804. The number of fused-ring (bicyclic) bond motifs is 1. The molecule has 1 aliphatic heterocycles. The van der Waals surface area contributed by atoms with Crippen molar-refractivity contribution in [2.24, 2.45) is 0 Å². The fourth-order valence-electron chi connectivity index (χ4n) is 2.50. The first-order valence-electron chi connectivity index (χ1n) is 7.66. The van der Waals surface area contributed by atoms with Crippen LogP contribution in [0.5, 0.6) is 0 Å². The van der Waals surface area contributed by atoms with Crippen molar-refractivity contribution in [2.75, 3.05) is 5.75 Å². The maximum Gasteiger partial charge on any atom is 0.220 e. The third-order valence-electron chi connectivity index (χ3n) is 3.74. The maximum absolute atomic E-state index is 11.9. The van der Waals surface area contributed by atoms with E-state index in [2.05, 4.69) is 15.5 Å². The number of carbonyl (C=O) groups is 1. The number of nitrogens with one attached hydrogen (secondary N) is 1. The van der Waals surface area contributed by atoms with E-state index < -0.39 is 0 Å². The molecule has 2 aromatic rings. The number of nitrogens with zero attached hydrogens (tertiary/aromatic N) is 3. The van der Waals surface area contributed by atoms with E-state index in [9.17, 15) is 4.79 Å². The van der Waals surface area contributed by atoms with Gasteiger partial charge in [-0.1, -0.05) is 34.1 Å². The van der Waals surface area contributed by atoms with Crippen LogP contribution in [-0.2, 0) is 11.3 Å². The Balaban J connectivity index is 1.37. The predicted molar refractivity (Wildman–Crippen MR) is 91.8 cm³/mol. The van der Waals surface area contributed by atoms with Gasteiger partial charge in [0.1, 0.15) is 0 Å². The lowest BCUT2D eigenvalue weighted by Gasteiger charge is -2.07. The van der Waals surface area contributed by atoms with E-state index in [0.717, 1.165) is 29.6 Å². The lowest BCUT2D eigenvalue weighted by atomic mass is 10.1. The Bertz CT molecular complexity index is 625. The van der Waals surface area contributed by atoms with E-state index >= 15 is 0 Å². The molecule has 3 rings (SSSR count). The molecule has 1 saturated heterocycles. The predicted octanol–water partition coefficient (Wildman–Crippen LogP) is 3.06. The molecule has 7 heteroatoms. The molecule has 0 aromatic carbocycles. The molecule has 22 heavy (non-hydrogen) atoms. The first kappa shape index (κ1) is 15.7.